The van der Waals surface area contributed by atoms with Gasteiger partial charge in [-0.15, -0.1) is 0 Å². The van der Waals surface area contributed by atoms with E-state index in [9.17, 15) is 9.59 Å². The van der Waals surface area contributed by atoms with E-state index in [1.165, 1.54) is 6.07 Å². The molecule has 0 N–H and O–H groups in total. The molecule has 2 bridgehead atoms. The minimum Gasteiger partial charge on any atom is -0.422 e. The summed E-state index contributed by atoms with van der Waals surface area (Å²) in [5.74, 6) is -2.68. The molecule has 3 aliphatic heterocycles. The fourth-order valence-corrected chi connectivity index (χ4v) is 7.07. The second-order valence-electron chi connectivity index (χ2n) is 10.9. The summed E-state index contributed by atoms with van der Waals surface area (Å²) in [4.78, 5) is 29.0. The first kappa shape index (κ1) is 18.9. The Hall–Kier alpha value is -2.11. The molecule has 3 atom stereocenters. The number of fused-ring (bicyclic) bond motifs is 8. The predicted octanol–water partition coefficient (Wildman–Crippen LogP) is 3.98. The van der Waals surface area contributed by atoms with Crippen molar-refractivity contribution < 1.29 is 23.5 Å². The summed E-state index contributed by atoms with van der Waals surface area (Å²) in [6.45, 7) is 9.71. The van der Waals surface area contributed by atoms with Crippen LogP contribution in [0.3, 0.4) is 0 Å². The average Bonchev–Trinajstić information content (AvgIpc) is 2.78. The molecule has 156 valence electrons. The van der Waals surface area contributed by atoms with Crippen LogP contribution in [-0.2, 0) is 25.5 Å². The van der Waals surface area contributed by atoms with Crippen molar-refractivity contribution in [2.45, 2.75) is 78.2 Å². The van der Waals surface area contributed by atoms with E-state index in [1.54, 1.807) is 19.9 Å². The van der Waals surface area contributed by atoms with Gasteiger partial charge in [0.15, 0.2) is 5.41 Å². The summed E-state index contributed by atoms with van der Waals surface area (Å²) in [6, 6.07) is 4.50. The Morgan fingerprint density at radius 1 is 1.03 bits per heavy atom. The van der Waals surface area contributed by atoms with Gasteiger partial charge in [-0.2, -0.15) is 0 Å². The molecule has 0 aromatic heterocycles. The first-order valence-electron chi connectivity index (χ1n) is 10.4. The molecule has 1 saturated carbocycles. The monoisotopic (exact) mass is 401 g/mol. The zero-order chi connectivity index (χ0) is 21.0. The Morgan fingerprint density at radius 2 is 1.69 bits per heavy atom. The molecule has 6 heteroatoms. The van der Waals surface area contributed by atoms with Gasteiger partial charge in [-0.3, -0.25) is 9.59 Å². The maximum Gasteiger partial charge on any atom is 0.329 e. The zero-order valence-corrected chi connectivity index (χ0v) is 17.7. The lowest BCUT2D eigenvalue weighted by atomic mass is 9.57. The first-order valence-corrected chi connectivity index (χ1v) is 10.4. The van der Waals surface area contributed by atoms with Gasteiger partial charge in [0.1, 0.15) is 5.82 Å². The van der Waals surface area contributed by atoms with Gasteiger partial charge < -0.3 is 14.4 Å². The van der Waals surface area contributed by atoms with Gasteiger partial charge in [0.25, 0.3) is 5.79 Å². The largest absolute Gasteiger partial charge is 0.422 e. The molecular formula is C23H28FNO4. The van der Waals surface area contributed by atoms with Gasteiger partial charge in [-0.25, -0.2) is 4.39 Å². The number of carbonyl (C=O) groups excluding carboxylic acids is 2. The van der Waals surface area contributed by atoms with Crippen LogP contribution in [0.15, 0.2) is 18.2 Å². The highest BCUT2D eigenvalue weighted by Gasteiger charge is 2.72. The topological polar surface area (TPSA) is 55.8 Å². The molecule has 1 aromatic carbocycles. The standard InChI is InChI=1S/C23H28FNO4/c1-20(2)10-14-11-22(5,12-20)17-23(18(26)28-21(3,4)29-19(23)27)9-13-7-6-8-15(24)16(13)25(14)17/h6-8,14,17H,9-12H2,1-5H3/t14-,17-,22+/m0/s1. The molecule has 5 rings (SSSR count). The molecule has 3 fully saturated rings. The Bertz CT molecular complexity index is 919. The maximum absolute atomic E-state index is 15.1. The molecular weight excluding hydrogens is 373 g/mol. The SMILES string of the molecule is CC1(C)C[C@H]2C[C@](C)(C1)[C@@H]1N2c2c(F)cccc2CC12C(=O)OC(C)(C)OC2=O. The summed E-state index contributed by atoms with van der Waals surface area (Å²) < 4.78 is 26.4. The number of anilines is 1. The van der Waals surface area contributed by atoms with Crippen LogP contribution in [0.5, 0.6) is 0 Å². The van der Waals surface area contributed by atoms with E-state index in [2.05, 4.69) is 20.8 Å². The zero-order valence-electron chi connectivity index (χ0n) is 17.7. The third kappa shape index (κ3) is 2.37. The number of halogens is 1. The molecule has 1 aromatic rings. The Morgan fingerprint density at radius 3 is 2.34 bits per heavy atom. The highest BCUT2D eigenvalue weighted by molar-refractivity contribution is 6.04. The smallest absolute Gasteiger partial charge is 0.329 e. The van der Waals surface area contributed by atoms with Crippen LogP contribution in [0, 0.1) is 22.1 Å². The number of rotatable bonds is 0. The fraction of sp³-hybridized carbons (Fsp3) is 0.652. The highest BCUT2D eigenvalue weighted by Crippen LogP contribution is 2.64. The van der Waals surface area contributed by atoms with E-state index in [0.29, 0.717) is 11.3 Å². The Balaban J connectivity index is 1.77. The molecule has 29 heavy (non-hydrogen) atoms. The summed E-state index contributed by atoms with van der Waals surface area (Å²) in [5.41, 5.74) is -0.556. The van der Waals surface area contributed by atoms with Gasteiger partial charge in [0.2, 0.25) is 0 Å². The van der Waals surface area contributed by atoms with Crippen LogP contribution in [-0.4, -0.2) is 29.8 Å². The molecule has 0 unspecified atom stereocenters. The van der Waals surface area contributed by atoms with Crippen molar-refractivity contribution in [1.82, 2.24) is 0 Å². The number of benzene rings is 1. The van der Waals surface area contributed by atoms with Crippen LogP contribution in [0.25, 0.3) is 0 Å². The van der Waals surface area contributed by atoms with Crippen LogP contribution in [0.2, 0.25) is 0 Å². The molecule has 0 amide bonds. The van der Waals surface area contributed by atoms with Crippen molar-refractivity contribution >= 4 is 17.6 Å². The molecule has 5 nitrogen and oxygen atoms in total. The third-order valence-electron chi connectivity index (χ3n) is 7.37. The van der Waals surface area contributed by atoms with Crippen LogP contribution in [0.4, 0.5) is 10.1 Å². The van der Waals surface area contributed by atoms with Gasteiger partial charge in [-0.05, 0) is 41.7 Å². The number of cyclic esters (lactones) is 2. The summed E-state index contributed by atoms with van der Waals surface area (Å²) >= 11 is 0. The third-order valence-corrected chi connectivity index (χ3v) is 7.37. The maximum atomic E-state index is 15.1. The molecule has 2 saturated heterocycles. The van der Waals surface area contributed by atoms with E-state index in [0.717, 1.165) is 19.3 Å². The summed E-state index contributed by atoms with van der Waals surface area (Å²) in [6.07, 6.45) is 2.67. The number of hydrogen-bond donors (Lipinski definition) is 0. The molecule has 4 aliphatic rings. The van der Waals surface area contributed by atoms with E-state index < -0.39 is 29.2 Å². The molecule has 1 aliphatic carbocycles. The van der Waals surface area contributed by atoms with Crippen molar-refractivity contribution in [1.29, 1.82) is 0 Å². The lowest BCUT2D eigenvalue weighted by molar-refractivity contribution is -0.255. The molecule has 1 spiro atoms. The quantitative estimate of drug-likeness (QED) is 0.486. The number of esters is 2. The van der Waals surface area contributed by atoms with Gasteiger partial charge >= 0.3 is 11.9 Å². The Kier molecular flexibility index (Phi) is 3.47. The number of ether oxygens (including phenoxy) is 2. The first-order chi connectivity index (χ1) is 13.4. The Labute approximate surface area is 170 Å². The number of nitrogens with zero attached hydrogens (tertiary/aromatic N) is 1. The van der Waals surface area contributed by atoms with Crippen molar-refractivity contribution in [3.8, 4) is 0 Å². The minimum atomic E-state index is -1.47. The van der Waals surface area contributed by atoms with Crippen molar-refractivity contribution in [2.75, 3.05) is 4.90 Å². The molecule has 0 radical (unpaired) electrons. The van der Waals surface area contributed by atoms with Gasteiger partial charge in [0.05, 0.1) is 11.7 Å². The summed E-state index contributed by atoms with van der Waals surface area (Å²) in [7, 11) is 0. The lowest BCUT2D eigenvalue weighted by Crippen LogP contribution is -2.67. The van der Waals surface area contributed by atoms with Crippen LogP contribution >= 0.6 is 0 Å². The van der Waals surface area contributed by atoms with Gasteiger partial charge in [0, 0.05) is 26.3 Å². The van der Waals surface area contributed by atoms with Crippen molar-refractivity contribution in [2.24, 2.45) is 16.2 Å². The number of hydrogen-bond acceptors (Lipinski definition) is 5. The normalized spacial score (nSPS) is 35.6. The minimum absolute atomic E-state index is 0.0311. The second kappa shape index (κ2) is 5.32. The molecule has 3 heterocycles. The van der Waals surface area contributed by atoms with E-state index in [4.69, 9.17) is 9.47 Å². The predicted molar refractivity (Wildman–Crippen MR) is 105 cm³/mol. The summed E-state index contributed by atoms with van der Waals surface area (Å²) in [5, 5.41) is 0. The second-order valence-corrected chi connectivity index (χ2v) is 10.9. The van der Waals surface area contributed by atoms with Crippen molar-refractivity contribution in [3.63, 3.8) is 0 Å². The van der Waals surface area contributed by atoms with E-state index in [-0.39, 0.29) is 29.1 Å². The van der Waals surface area contributed by atoms with E-state index in [1.807, 2.05) is 11.0 Å². The van der Waals surface area contributed by atoms with E-state index >= 15 is 4.39 Å². The van der Waals surface area contributed by atoms with Crippen LogP contribution < -0.4 is 4.90 Å². The van der Waals surface area contributed by atoms with Crippen molar-refractivity contribution in [3.05, 3.63) is 29.6 Å². The fourth-order valence-electron chi connectivity index (χ4n) is 7.07. The highest BCUT2D eigenvalue weighted by atomic mass is 19.1. The number of para-hydroxylation sites is 1. The van der Waals surface area contributed by atoms with Crippen LogP contribution in [0.1, 0.15) is 59.4 Å². The number of carbonyl (C=O) groups is 2. The van der Waals surface area contributed by atoms with Gasteiger partial charge in [-0.1, -0.05) is 32.9 Å². The lowest BCUT2D eigenvalue weighted by Gasteiger charge is -2.53. The average molecular weight is 401 g/mol.